The molecule has 0 bridgehead atoms. The summed E-state index contributed by atoms with van der Waals surface area (Å²) in [6.07, 6.45) is 2.70. The van der Waals surface area contributed by atoms with Crippen LogP contribution < -0.4 is 0 Å². The average Bonchev–Trinajstić information content (AvgIpc) is 2.99. The van der Waals surface area contributed by atoms with Gasteiger partial charge < -0.3 is 14.7 Å². The average molecular weight is 388 g/mol. The summed E-state index contributed by atoms with van der Waals surface area (Å²) in [5, 5.41) is 23.3. The summed E-state index contributed by atoms with van der Waals surface area (Å²) in [6.45, 7) is 3.55. The zero-order chi connectivity index (χ0) is 20.5. The molecule has 0 radical (unpaired) electrons. The number of ketones is 2. The highest BCUT2D eigenvalue weighted by molar-refractivity contribution is 6.24. The summed E-state index contributed by atoms with van der Waals surface area (Å²) in [7, 11) is 0. The number of Topliss-reactive ketones (excluding diaryl/α,β-unsaturated/α-hetero) is 2. The predicted molar refractivity (Wildman–Crippen MR) is 99.7 cm³/mol. The molecule has 0 aliphatic heterocycles. The van der Waals surface area contributed by atoms with Crippen molar-refractivity contribution in [2.45, 2.75) is 58.8 Å². The zero-order valence-corrected chi connectivity index (χ0v) is 16.1. The van der Waals surface area contributed by atoms with E-state index < -0.39 is 12.5 Å². The molecule has 0 spiro atoms. The molecule has 2 aliphatic rings. The SMILES string of the molecule is CC1(C)CC(=O)c2c(CCC(O)=C3C(=O)CCCC3=NCC(=O)O)noc2C1. The maximum absolute atomic E-state index is 12.5. The number of carboxylic acids is 1. The Morgan fingerprint density at radius 3 is 2.64 bits per heavy atom. The van der Waals surface area contributed by atoms with Crippen LogP contribution in [0.25, 0.3) is 0 Å². The van der Waals surface area contributed by atoms with Crippen molar-refractivity contribution < 1.29 is 29.1 Å². The summed E-state index contributed by atoms with van der Waals surface area (Å²) in [6, 6.07) is 0. The quantitative estimate of drug-likeness (QED) is 0.586. The molecule has 8 nitrogen and oxygen atoms in total. The van der Waals surface area contributed by atoms with E-state index in [1.54, 1.807) is 0 Å². The number of rotatable bonds is 5. The molecule has 1 saturated carbocycles. The number of hydrogen-bond donors (Lipinski definition) is 2. The van der Waals surface area contributed by atoms with E-state index in [0.717, 1.165) is 0 Å². The van der Waals surface area contributed by atoms with Gasteiger partial charge in [-0.2, -0.15) is 0 Å². The summed E-state index contributed by atoms with van der Waals surface area (Å²) in [5.41, 5.74) is 1.24. The van der Waals surface area contributed by atoms with Gasteiger partial charge in [-0.15, -0.1) is 0 Å². The monoisotopic (exact) mass is 388 g/mol. The Bertz CT molecular complexity index is 891. The maximum atomic E-state index is 12.5. The van der Waals surface area contributed by atoms with Gasteiger partial charge in [-0.25, -0.2) is 0 Å². The van der Waals surface area contributed by atoms with Crippen LogP contribution in [0.15, 0.2) is 20.8 Å². The van der Waals surface area contributed by atoms with Crippen LogP contribution >= 0.6 is 0 Å². The number of nitrogens with zero attached hydrogens (tertiary/aromatic N) is 2. The molecule has 0 amide bonds. The Morgan fingerprint density at radius 1 is 1.18 bits per heavy atom. The number of carboxylic acid groups (broad SMARTS) is 1. The van der Waals surface area contributed by atoms with E-state index in [2.05, 4.69) is 10.1 Å². The van der Waals surface area contributed by atoms with Gasteiger partial charge in [-0.05, 0) is 18.3 Å². The molecule has 2 aliphatic carbocycles. The first-order valence-electron chi connectivity index (χ1n) is 9.39. The topological polar surface area (TPSA) is 130 Å². The normalized spacial score (nSPS) is 22.3. The first-order valence-corrected chi connectivity index (χ1v) is 9.39. The van der Waals surface area contributed by atoms with E-state index in [9.17, 15) is 19.5 Å². The lowest BCUT2D eigenvalue weighted by Crippen LogP contribution is -2.26. The Morgan fingerprint density at radius 2 is 1.93 bits per heavy atom. The van der Waals surface area contributed by atoms with Crippen LogP contribution in [0.4, 0.5) is 0 Å². The second-order valence-corrected chi connectivity index (χ2v) is 8.12. The minimum absolute atomic E-state index is 0.0212. The van der Waals surface area contributed by atoms with Crippen LogP contribution in [0, 0.1) is 5.41 Å². The fourth-order valence-electron chi connectivity index (χ4n) is 3.83. The maximum Gasteiger partial charge on any atom is 0.325 e. The van der Waals surface area contributed by atoms with Crippen LogP contribution in [-0.4, -0.2) is 45.2 Å². The number of carbonyl (C=O) groups is 3. The molecule has 0 aromatic carbocycles. The number of aliphatic hydroxyl groups is 1. The van der Waals surface area contributed by atoms with Crippen molar-refractivity contribution in [3.05, 3.63) is 28.3 Å². The molecule has 1 heterocycles. The number of aliphatic carboxylic acids is 1. The van der Waals surface area contributed by atoms with Gasteiger partial charge in [0.05, 0.1) is 16.8 Å². The summed E-state index contributed by atoms with van der Waals surface area (Å²) >= 11 is 0. The second-order valence-electron chi connectivity index (χ2n) is 8.12. The molecule has 28 heavy (non-hydrogen) atoms. The molecular formula is C20H24N2O6. The van der Waals surface area contributed by atoms with Gasteiger partial charge in [0.2, 0.25) is 0 Å². The van der Waals surface area contributed by atoms with Gasteiger partial charge in [-0.1, -0.05) is 19.0 Å². The lowest BCUT2D eigenvalue weighted by molar-refractivity contribution is -0.135. The third-order valence-electron chi connectivity index (χ3n) is 5.07. The van der Waals surface area contributed by atoms with Crippen LogP contribution in [0.2, 0.25) is 0 Å². The second kappa shape index (κ2) is 7.69. The number of allylic oxidation sites excluding steroid dienone is 2. The number of carbonyl (C=O) groups excluding carboxylic acids is 2. The Balaban J connectivity index is 1.81. The zero-order valence-electron chi connectivity index (χ0n) is 16.1. The standard InChI is InChI=1S/C20H24N2O6/c1-20(2)8-15(25)19-12(22-28-16(19)9-20)6-7-14(24)18-11(21-10-17(26)27)4-3-5-13(18)23/h24H,3-10H2,1-2H3,(H,26,27). The molecule has 2 N–H and O–H groups in total. The fourth-order valence-corrected chi connectivity index (χ4v) is 3.83. The lowest BCUT2D eigenvalue weighted by Gasteiger charge is -2.26. The number of fused-ring (bicyclic) bond motifs is 1. The predicted octanol–water partition coefficient (Wildman–Crippen LogP) is 2.85. The van der Waals surface area contributed by atoms with Gasteiger partial charge in [0.15, 0.2) is 11.6 Å². The molecule has 0 atom stereocenters. The van der Waals surface area contributed by atoms with Gasteiger partial charge in [-0.3, -0.25) is 19.4 Å². The number of hydrogen-bond acceptors (Lipinski definition) is 7. The Hall–Kier alpha value is -2.77. The van der Waals surface area contributed by atoms with Crippen molar-refractivity contribution in [1.82, 2.24) is 5.16 Å². The number of aliphatic imine (C=N–C) groups is 1. The van der Waals surface area contributed by atoms with Crippen LogP contribution in [0.5, 0.6) is 0 Å². The summed E-state index contributed by atoms with van der Waals surface area (Å²) in [4.78, 5) is 39.5. The Kier molecular flexibility index (Phi) is 5.49. The van der Waals surface area contributed by atoms with Gasteiger partial charge in [0.25, 0.3) is 0 Å². The van der Waals surface area contributed by atoms with E-state index in [4.69, 9.17) is 9.63 Å². The van der Waals surface area contributed by atoms with Crippen molar-refractivity contribution in [2.75, 3.05) is 6.54 Å². The van der Waals surface area contributed by atoms with Crippen LogP contribution in [0.3, 0.4) is 0 Å². The molecule has 1 fully saturated rings. The van der Waals surface area contributed by atoms with Crippen molar-refractivity contribution in [1.29, 1.82) is 0 Å². The van der Waals surface area contributed by atoms with E-state index in [0.29, 0.717) is 54.8 Å². The molecule has 0 saturated heterocycles. The molecule has 150 valence electrons. The van der Waals surface area contributed by atoms with Crippen LogP contribution in [0.1, 0.15) is 67.8 Å². The van der Waals surface area contributed by atoms with Crippen molar-refractivity contribution in [2.24, 2.45) is 10.4 Å². The highest BCUT2D eigenvalue weighted by atomic mass is 16.5. The van der Waals surface area contributed by atoms with Gasteiger partial charge in [0, 0.05) is 37.8 Å². The van der Waals surface area contributed by atoms with Gasteiger partial charge >= 0.3 is 5.97 Å². The minimum Gasteiger partial charge on any atom is -0.511 e. The lowest BCUT2D eigenvalue weighted by atomic mass is 9.76. The fraction of sp³-hybridized carbons (Fsp3) is 0.550. The highest BCUT2D eigenvalue weighted by Crippen LogP contribution is 2.36. The number of aryl methyl sites for hydroxylation is 1. The molecule has 3 rings (SSSR count). The summed E-state index contributed by atoms with van der Waals surface area (Å²) in [5.74, 6) is -0.935. The Labute approximate surface area is 162 Å². The molecular weight excluding hydrogens is 364 g/mol. The number of aromatic nitrogens is 1. The minimum atomic E-state index is -1.10. The van der Waals surface area contributed by atoms with E-state index in [1.807, 2.05) is 13.8 Å². The summed E-state index contributed by atoms with van der Waals surface area (Å²) < 4.78 is 5.35. The van der Waals surface area contributed by atoms with E-state index in [1.165, 1.54) is 0 Å². The molecule has 1 aromatic rings. The highest BCUT2D eigenvalue weighted by Gasteiger charge is 2.36. The third kappa shape index (κ3) is 4.21. The van der Waals surface area contributed by atoms with E-state index >= 15 is 0 Å². The smallest absolute Gasteiger partial charge is 0.325 e. The third-order valence-corrected chi connectivity index (χ3v) is 5.07. The van der Waals surface area contributed by atoms with Gasteiger partial charge in [0.1, 0.15) is 18.1 Å². The number of aliphatic hydroxyl groups excluding tert-OH is 1. The first kappa shape index (κ1) is 20.0. The van der Waals surface area contributed by atoms with Crippen molar-refractivity contribution in [3.8, 4) is 0 Å². The molecule has 0 unspecified atom stereocenters. The van der Waals surface area contributed by atoms with Crippen molar-refractivity contribution >= 4 is 23.2 Å². The molecule has 8 heteroatoms. The largest absolute Gasteiger partial charge is 0.511 e. The van der Waals surface area contributed by atoms with E-state index in [-0.39, 0.29) is 41.2 Å². The van der Waals surface area contributed by atoms with Crippen LogP contribution in [-0.2, 0) is 22.4 Å². The molecule has 1 aromatic heterocycles. The van der Waals surface area contributed by atoms with Crippen molar-refractivity contribution in [3.63, 3.8) is 0 Å². The first-order chi connectivity index (χ1) is 13.2.